The van der Waals surface area contributed by atoms with E-state index in [0.29, 0.717) is 0 Å². The number of aliphatic imine (C=N–C) groups is 1. The zero-order valence-corrected chi connectivity index (χ0v) is 5.87. The average Bonchev–Trinajstić information content (AvgIpc) is 2.36. The second-order valence-electron chi connectivity index (χ2n) is 1.51. The lowest BCUT2D eigenvalue weighted by molar-refractivity contribution is -1.03. The quantitative estimate of drug-likeness (QED) is 0.427. The molecule has 1 aliphatic heterocycles. The third-order valence-electron chi connectivity index (χ3n) is 0.701. The van der Waals surface area contributed by atoms with E-state index in [0.717, 1.165) is 13.2 Å². The molecular weight excluding hydrogens is 172 g/mol. The topological polar surface area (TPSA) is 120 Å². The molecule has 0 radical (unpaired) electrons. The minimum atomic E-state index is -1.50. The molecule has 0 atom stereocenters. The molecule has 0 aromatic rings. The lowest BCUT2D eigenvalue weighted by atomic mass is 10.8. The van der Waals surface area contributed by atoms with Crippen LogP contribution in [0, 0.1) is 20.2 Å². The fraction of sp³-hybridized carbons (Fsp3) is 0.667. The predicted molar refractivity (Wildman–Crippen MR) is 36.4 cm³/mol. The van der Waals surface area contributed by atoms with Gasteiger partial charge < -0.3 is 0 Å². The molecule has 1 heterocycles. The Morgan fingerprint density at radius 1 is 1.42 bits per heavy atom. The van der Waals surface area contributed by atoms with Crippen LogP contribution in [0.3, 0.4) is 0 Å². The van der Waals surface area contributed by atoms with Gasteiger partial charge in [0.15, 0.2) is 0 Å². The van der Waals surface area contributed by atoms with Crippen LogP contribution in [0.2, 0.25) is 0 Å². The van der Waals surface area contributed by atoms with Gasteiger partial charge in [0.05, 0.1) is 6.67 Å². The summed E-state index contributed by atoms with van der Waals surface area (Å²) >= 11 is 0. The molecule has 0 amide bonds. The Labute approximate surface area is 66.2 Å². The molecule has 0 aliphatic carbocycles. The third-order valence-corrected chi connectivity index (χ3v) is 0.701. The molecule has 0 aromatic heterocycles. The smallest absolute Gasteiger partial charge is 0.293 e. The van der Waals surface area contributed by atoms with Gasteiger partial charge in [-0.3, -0.25) is 10.3 Å². The van der Waals surface area contributed by atoms with Gasteiger partial charge in [-0.05, 0) is 0 Å². The van der Waals surface area contributed by atoms with E-state index in [-0.39, 0.29) is 0 Å². The van der Waals surface area contributed by atoms with Crippen LogP contribution in [-0.4, -0.2) is 29.6 Å². The van der Waals surface area contributed by atoms with E-state index in [1.807, 2.05) is 6.21 Å². The van der Waals surface area contributed by atoms with Gasteiger partial charge in [-0.1, -0.05) is 0 Å². The highest BCUT2D eigenvalue weighted by Gasteiger charge is 2.05. The minimum Gasteiger partial charge on any atom is -0.293 e. The normalized spacial score (nSPS) is 13.0. The molecule has 1 N–H and O–H groups in total. The molecule has 9 nitrogen and oxygen atoms in total. The van der Waals surface area contributed by atoms with E-state index in [2.05, 4.69) is 15.2 Å². The second-order valence-corrected chi connectivity index (χ2v) is 1.51. The molecule has 0 bridgehead atoms. The summed E-state index contributed by atoms with van der Waals surface area (Å²) in [5.41, 5.74) is 0. The van der Waals surface area contributed by atoms with Crippen LogP contribution in [-0.2, 0) is 4.94 Å². The van der Waals surface area contributed by atoms with Crippen molar-refractivity contribution in [1.82, 2.24) is 5.32 Å². The summed E-state index contributed by atoms with van der Waals surface area (Å²) < 4.78 is 0. The molecular formula is C3H6N4O5. The Balaban J connectivity index is 0.000000211. The van der Waals surface area contributed by atoms with Gasteiger partial charge in [0.1, 0.15) is 0 Å². The average molecular weight is 178 g/mol. The van der Waals surface area contributed by atoms with Gasteiger partial charge in [-0.15, -0.1) is 20.2 Å². The SMILES string of the molecule is C1=NCNC1.O=[N+]([O-])O[N+](=O)[O-]. The molecule has 0 fully saturated rings. The Kier molecular flexibility index (Phi) is 5.09. The summed E-state index contributed by atoms with van der Waals surface area (Å²) in [6, 6.07) is 0. The van der Waals surface area contributed by atoms with E-state index < -0.39 is 10.2 Å². The van der Waals surface area contributed by atoms with Crippen LogP contribution >= 0.6 is 0 Å². The standard InChI is InChI=1S/C3H6N2.N2O5/c1-2-5-3-4-1;3-1(4)7-2(5)6/h1,5H,2-3H2;. The maximum atomic E-state index is 8.95. The number of rotatable bonds is 2. The number of nitrogens with one attached hydrogen (secondary N) is 1. The summed E-state index contributed by atoms with van der Waals surface area (Å²) in [5.74, 6) is 0. The van der Waals surface area contributed by atoms with Crippen molar-refractivity contribution in [3.05, 3.63) is 20.2 Å². The Morgan fingerprint density at radius 3 is 2.08 bits per heavy atom. The van der Waals surface area contributed by atoms with Crippen LogP contribution in [0.15, 0.2) is 4.99 Å². The monoisotopic (exact) mass is 178 g/mol. The first-order valence-electron chi connectivity index (χ1n) is 2.79. The molecule has 1 rings (SSSR count). The van der Waals surface area contributed by atoms with E-state index in [1.54, 1.807) is 0 Å². The van der Waals surface area contributed by atoms with Crippen molar-refractivity contribution in [2.24, 2.45) is 4.99 Å². The van der Waals surface area contributed by atoms with Gasteiger partial charge in [0.2, 0.25) is 0 Å². The maximum Gasteiger partial charge on any atom is 0.356 e. The minimum absolute atomic E-state index is 0.819. The molecule has 0 spiro atoms. The van der Waals surface area contributed by atoms with Gasteiger partial charge in [-0.2, -0.15) is 0 Å². The Morgan fingerprint density at radius 2 is 2.00 bits per heavy atom. The van der Waals surface area contributed by atoms with E-state index in [9.17, 15) is 0 Å². The highest BCUT2D eigenvalue weighted by atomic mass is 17.1. The molecule has 12 heavy (non-hydrogen) atoms. The lowest BCUT2D eigenvalue weighted by Crippen LogP contribution is -2.06. The van der Waals surface area contributed by atoms with Crippen molar-refractivity contribution in [2.75, 3.05) is 13.2 Å². The summed E-state index contributed by atoms with van der Waals surface area (Å²) in [7, 11) is 0. The Bertz CT molecular complexity index is 173. The summed E-state index contributed by atoms with van der Waals surface area (Å²) in [5, 5.41) is 17.9. The molecule has 0 unspecified atom stereocenters. The first-order valence-corrected chi connectivity index (χ1v) is 2.79. The highest BCUT2D eigenvalue weighted by molar-refractivity contribution is 5.61. The summed E-state index contributed by atoms with van der Waals surface area (Å²) in [6.07, 6.45) is 1.88. The van der Waals surface area contributed by atoms with Gasteiger partial charge in [0, 0.05) is 17.7 Å². The second kappa shape index (κ2) is 5.97. The third kappa shape index (κ3) is 8.23. The molecule has 0 aromatic carbocycles. The van der Waals surface area contributed by atoms with Crippen LogP contribution < -0.4 is 5.32 Å². The van der Waals surface area contributed by atoms with Crippen molar-refractivity contribution >= 4 is 6.21 Å². The zero-order valence-electron chi connectivity index (χ0n) is 5.87. The van der Waals surface area contributed by atoms with Crippen molar-refractivity contribution < 1.29 is 15.1 Å². The van der Waals surface area contributed by atoms with E-state index in [4.69, 9.17) is 20.2 Å². The van der Waals surface area contributed by atoms with Crippen LogP contribution in [0.1, 0.15) is 0 Å². The Hall–Kier alpha value is -1.77. The largest absolute Gasteiger partial charge is 0.356 e. The molecule has 9 heteroatoms. The first kappa shape index (κ1) is 10.2. The van der Waals surface area contributed by atoms with Crippen LogP contribution in [0.25, 0.3) is 0 Å². The number of nitrogens with zero attached hydrogens (tertiary/aromatic N) is 3. The van der Waals surface area contributed by atoms with Gasteiger partial charge in [0.25, 0.3) is 0 Å². The van der Waals surface area contributed by atoms with Crippen molar-refractivity contribution in [2.45, 2.75) is 0 Å². The molecule has 0 saturated heterocycles. The fourth-order valence-corrected chi connectivity index (χ4v) is 0.377. The highest BCUT2D eigenvalue weighted by Crippen LogP contribution is 1.70. The van der Waals surface area contributed by atoms with Gasteiger partial charge >= 0.3 is 10.2 Å². The van der Waals surface area contributed by atoms with E-state index in [1.165, 1.54) is 0 Å². The van der Waals surface area contributed by atoms with Crippen molar-refractivity contribution in [3.8, 4) is 0 Å². The van der Waals surface area contributed by atoms with E-state index >= 15 is 0 Å². The molecule has 1 aliphatic rings. The first-order chi connectivity index (χ1) is 5.63. The van der Waals surface area contributed by atoms with Crippen molar-refractivity contribution in [1.29, 1.82) is 0 Å². The number of hydrogen-bond donors (Lipinski definition) is 1. The van der Waals surface area contributed by atoms with Crippen LogP contribution in [0.5, 0.6) is 0 Å². The zero-order chi connectivity index (χ0) is 9.40. The number of hydrogen-bond acceptors (Lipinski definition) is 7. The molecule has 68 valence electrons. The summed E-state index contributed by atoms with van der Waals surface area (Å²) in [6.45, 7) is 1.78. The predicted octanol–water partition coefficient (Wildman–Crippen LogP) is -0.996. The van der Waals surface area contributed by atoms with Crippen molar-refractivity contribution in [3.63, 3.8) is 0 Å². The lowest BCUT2D eigenvalue weighted by Gasteiger charge is -1.75. The maximum absolute atomic E-state index is 8.95. The summed E-state index contributed by atoms with van der Waals surface area (Å²) in [4.78, 5) is 24.4. The van der Waals surface area contributed by atoms with Crippen LogP contribution in [0.4, 0.5) is 0 Å². The fourth-order valence-electron chi connectivity index (χ4n) is 0.377. The van der Waals surface area contributed by atoms with Gasteiger partial charge in [-0.25, -0.2) is 0 Å². The molecule has 0 saturated carbocycles.